The van der Waals surface area contributed by atoms with Crippen LogP contribution in [-0.4, -0.2) is 32.9 Å². The molecule has 1 saturated heterocycles. The van der Waals surface area contributed by atoms with Gasteiger partial charge in [-0.1, -0.05) is 47.6 Å². The minimum Gasteiger partial charge on any atom is -0.391 e. The Hall–Kier alpha value is -1.85. The molecule has 0 aliphatic carbocycles. The van der Waals surface area contributed by atoms with Crippen molar-refractivity contribution in [3.8, 4) is 11.4 Å². The largest absolute Gasteiger partial charge is 0.391 e. The van der Waals surface area contributed by atoms with Gasteiger partial charge in [-0.3, -0.25) is 0 Å². The topological polar surface area (TPSA) is 59.2 Å². The van der Waals surface area contributed by atoms with Gasteiger partial charge in [-0.25, -0.2) is 0 Å². The molecule has 4 nitrogen and oxygen atoms in total. The highest BCUT2D eigenvalue weighted by molar-refractivity contribution is 7.99. The molecule has 1 N–H and O–H groups in total. The van der Waals surface area contributed by atoms with E-state index in [1.165, 1.54) is 0 Å². The van der Waals surface area contributed by atoms with Crippen molar-refractivity contribution in [1.29, 1.82) is 0 Å². The van der Waals surface area contributed by atoms with Gasteiger partial charge in [0.1, 0.15) is 0 Å². The molecule has 0 amide bonds. The van der Waals surface area contributed by atoms with Crippen LogP contribution in [0.2, 0.25) is 0 Å². The molecule has 2 unspecified atom stereocenters. The first-order chi connectivity index (χ1) is 10.3. The molecule has 21 heavy (non-hydrogen) atoms. The third-order valence-electron chi connectivity index (χ3n) is 3.84. The fourth-order valence-corrected chi connectivity index (χ4v) is 3.92. The number of hydrogen-bond donors (Lipinski definition) is 1. The van der Waals surface area contributed by atoms with Crippen LogP contribution in [0.1, 0.15) is 11.8 Å². The van der Waals surface area contributed by atoms with Crippen LogP contribution < -0.4 is 0 Å². The van der Waals surface area contributed by atoms with Crippen molar-refractivity contribution in [2.75, 3.05) is 11.5 Å². The Kier molecular flexibility index (Phi) is 3.16. The standard InChI is InChI=1S/C16H14N2O2S/c19-14-9-21-8-13(14)16-17-15(18-20-16)12-7-3-5-10-4-1-2-6-11(10)12/h1-7,13-14,19H,8-9H2. The van der Waals surface area contributed by atoms with Gasteiger partial charge in [-0.05, 0) is 10.8 Å². The zero-order valence-electron chi connectivity index (χ0n) is 11.3. The molecule has 1 aliphatic rings. The van der Waals surface area contributed by atoms with E-state index in [9.17, 15) is 5.11 Å². The predicted molar refractivity (Wildman–Crippen MR) is 83.3 cm³/mol. The van der Waals surface area contributed by atoms with E-state index in [0.717, 1.165) is 27.8 Å². The number of rotatable bonds is 2. The van der Waals surface area contributed by atoms with E-state index >= 15 is 0 Å². The monoisotopic (exact) mass is 298 g/mol. The molecule has 1 aliphatic heterocycles. The summed E-state index contributed by atoms with van der Waals surface area (Å²) < 4.78 is 5.39. The van der Waals surface area contributed by atoms with Crippen LogP contribution in [0.5, 0.6) is 0 Å². The molecule has 5 heteroatoms. The number of benzene rings is 2. The van der Waals surface area contributed by atoms with Crippen LogP contribution in [0.4, 0.5) is 0 Å². The average molecular weight is 298 g/mol. The van der Waals surface area contributed by atoms with Crippen molar-refractivity contribution in [2.45, 2.75) is 12.0 Å². The summed E-state index contributed by atoms with van der Waals surface area (Å²) in [6, 6.07) is 14.2. The summed E-state index contributed by atoms with van der Waals surface area (Å²) in [6.07, 6.45) is -0.393. The van der Waals surface area contributed by atoms with Crippen LogP contribution >= 0.6 is 11.8 Å². The van der Waals surface area contributed by atoms with E-state index in [-0.39, 0.29) is 5.92 Å². The normalized spacial score (nSPS) is 22.0. The lowest BCUT2D eigenvalue weighted by Crippen LogP contribution is -2.15. The van der Waals surface area contributed by atoms with E-state index in [1.54, 1.807) is 11.8 Å². The summed E-state index contributed by atoms with van der Waals surface area (Å²) >= 11 is 1.71. The zero-order chi connectivity index (χ0) is 14.2. The van der Waals surface area contributed by atoms with Crippen LogP contribution in [0.3, 0.4) is 0 Å². The first-order valence-electron chi connectivity index (χ1n) is 6.90. The van der Waals surface area contributed by atoms with Gasteiger partial charge in [-0.15, -0.1) is 0 Å². The Labute approximate surface area is 126 Å². The highest BCUT2D eigenvalue weighted by atomic mass is 32.2. The fraction of sp³-hybridized carbons (Fsp3) is 0.250. The molecule has 0 spiro atoms. The minimum atomic E-state index is -0.393. The molecular weight excluding hydrogens is 284 g/mol. The lowest BCUT2D eigenvalue weighted by atomic mass is 10.0. The summed E-state index contributed by atoms with van der Waals surface area (Å²) in [5.74, 6) is 2.64. The van der Waals surface area contributed by atoms with Crippen LogP contribution in [0, 0.1) is 0 Å². The summed E-state index contributed by atoms with van der Waals surface area (Å²) in [5, 5.41) is 16.3. The second-order valence-electron chi connectivity index (χ2n) is 5.19. The number of thioether (sulfide) groups is 1. The van der Waals surface area contributed by atoms with Crippen LogP contribution in [-0.2, 0) is 0 Å². The smallest absolute Gasteiger partial charge is 0.233 e. The van der Waals surface area contributed by atoms with E-state index < -0.39 is 6.10 Å². The quantitative estimate of drug-likeness (QED) is 0.788. The third-order valence-corrected chi connectivity index (χ3v) is 5.01. The predicted octanol–water partition coefficient (Wildman–Crippen LogP) is 3.08. The first-order valence-corrected chi connectivity index (χ1v) is 8.06. The molecule has 1 fully saturated rings. The highest BCUT2D eigenvalue weighted by Gasteiger charge is 2.32. The second kappa shape index (κ2) is 5.16. The lowest BCUT2D eigenvalue weighted by molar-refractivity contribution is 0.164. The van der Waals surface area contributed by atoms with Gasteiger partial charge in [0.05, 0.1) is 12.0 Å². The molecule has 0 saturated carbocycles. The van der Waals surface area contributed by atoms with Gasteiger partial charge in [0, 0.05) is 17.1 Å². The molecule has 2 atom stereocenters. The van der Waals surface area contributed by atoms with Gasteiger partial charge in [0.2, 0.25) is 11.7 Å². The molecule has 2 heterocycles. The zero-order valence-corrected chi connectivity index (χ0v) is 12.1. The number of aliphatic hydroxyl groups is 1. The molecule has 0 radical (unpaired) electrons. The Morgan fingerprint density at radius 2 is 1.95 bits per heavy atom. The number of aromatic nitrogens is 2. The maximum absolute atomic E-state index is 9.95. The summed E-state index contributed by atoms with van der Waals surface area (Å²) in [6.45, 7) is 0. The SMILES string of the molecule is OC1CSCC1c1nc(-c2cccc3ccccc23)no1. The van der Waals surface area contributed by atoms with Crippen molar-refractivity contribution >= 4 is 22.5 Å². The molecule has 2 aromatic carbocycles. The number of hydrogen-bond acceptors (Lipinski definition) is 5. The number of nitrogens with zero attached hydrogens (tertiary/aromatic N) is 2. The van der Waals surface area contributed by atoms with Gasteiger partial charge in [-0.2, -0.15) is 16.7 Å². The van der Waals surface area contributed by atoms with Crippen LogP contribution in [0.25, 0.3) is 22.2 Å². The lowest BCUT2D eigenvalue weighted by Gasteiger charge is -2.06. The molecule has 106 valence electrons. The summed E-state index contributed by atoms with van der Waals surface area (Å²) in [5.41, 5.74) is 0.961. The maximum Gasteiger partial charge on any atom is 0.233 e. The Morgan fingerprint density at radius 1 is 1.10 bits per heavy atom. The highest BCUT2D eigenvalue weighted by Crippen LogP contribution is 2.33. The first kappa shape index (κ1) is 12.9. The maximum atomic E-state index is 9.95. The summed E-state index contributed by atoms with van der Waals surface area (Å²) in [7, 11) is 0. The Morgan fingerprint density at radius 3 is 2.81 bits per heavy atom. The van der Waals surface area contributed by atoms with E-state index in [1.807, 2.05) is 24.3 Å². The van der Waals surface area contributed by atoms with Gasteiger partial charge in [0.15, 0.2) is 0 Å². The molecule has 0 bridgehead atoms. The van der Waals surface area contributed by atoms with Crippen molar-refractivity contribution in [1.82, 2.24) is 10.1 Å². The van der Waals surface area contributed by atoms with Crippen molar-refractivity contribution in [3.63, 3.8) is 0 Å². The number of fused-ring (bicyclic) bond motifs is 1. The Balaban J connectivity index is 1.78. The molecule has 4 rings (SSSR count). The van der Waals surface area contributed by atoms with E-state index in [0.29, 0.717) is 11.7 Å². The second-order valence-corrected chi connectivity index (χ2v) is 6.27. The fourth-order valence-electron chi connectivity index (χ4n) is 2.69. The molecule has 1 aromatic heterocycles. The van der Waals surface area contributed by atoms with E-state index in [2.05, 4.69) is 28.3 Å². The van der Waals surface area contributed by atoms with Crippen molar-refractivity contribution < 1.29 is 9.63 Å². The number of aliphatic hydroxyl groups excluding tert-OH is 1. The van der Waals surface area contributed by atoms with E-state index in [4.69, 9.17) is 4.52 Å². The van der Waals surface area contributed by atoms with Crippen molar-refractivity contribution in [2.24, 2.45) is 0 Å². The van der Waals surface area contributed by atoms with Gasteiger partial charge >= 0.3 is 0 Å². The third kappa shape index (κ3) is 2.22. The molecular formula is C16H14N2O2S. The minimum absolute atomic E-state index is 0.0498. The van der Waals surface area contributed by atoms with Crippen LogP contribution in [0.15, 0.2) is 47.0 Å². The summed E-state index contributed by atoms with van der Waals surface area (Å²) in [4.78, 5) is 4.51. The Bertz CT molecular complexity index is 781. The van der Waals surface area contributed by atoms with Gasteiger partial charge < -0.3 is 9.63 Å². The average Bonchev–Trinajstić information content (AvgIpc) is 3.15. The van der Waals surface area contributed by atoms with Gasteiger partial charge in [0.25, 0.3) is 0 Å². The van der Waals surface area contributed by atoms with Crippen molar-refractivity contribution in [3.05, 3.63) is 48.4 Å². The molecule has 3 aromatic rings.